The standard InChI is InChI=1S/C24H25N3O4/c1-31-18-11-9-17(10-12-18)25-22(28)16-27-21-8-4-3-7-19(21)20(15-23(27)29)24(30)26-13-5-2-6-14-26/h3-4,7-12,15H,2,5-6,13-14,16H2,1H3,(H,25,28). The van der Waals surface area contributed by atoms with Crippen molar-refractivity contribution in [1.82, 2.24) is 9.47 Å². The Hall–Kier alpha value is -3.61. The first-order valence-corrected chi connectivity index (χ1v) is 10.4. The molecule has 1 aliphatic rings. The number of aromatic nitrogens is 1. The van der Waals surface area contributed by atoms with Crippen LogP contribution in [-0.4, -0.2) is 41.5 Å². The van der Waals surface area contributed by atoms with Gasteiger partial charge in [-0.25, -0.2) is 0 Å². The van der Waals surface area contributed by atoms with E-state index in [1.165, 1.54) is 10.6 Å². The van der Waals surface area contributed by atoms with Gasteiger partial charge in [-0.3, -0.25) is 19.0 Å². The molecule has 1 N–H and O–H groups in total. The van der Waals surface area contributed by atoms with E-state index in [1.807, 2.05) is 17.0 Å². The van der Waals surface area contributed by atoms with E-state index >= 15 is 0 Å². The number of likely N-dealkylation sites (tertiary alicyclic amines) is 1. The SMILES string of the molecule is COc1ccc(NC(=O)Cn2c(=O)cc(C(=O)N3CCCCC3)c3ccccc32)cc1. The number of amides is 2. The van der Waals surface area contributed by atoms with Gasteiger partial charge in [0.1, 0.15) is 12.3 Å². The van der Waals surface area contributed by atoms with Gasteiger partial charge in [0.05, 0.1) is 18.2 Å². The van der Waals surface area contributed by atoms with E-state index in [2.05, 4.69) is 5.32 Å². The van der Waals surface area contributed by atoms with Gasteiger partial charge in [0, 0.05) is 30.2 Å². The zero-order valence-electron chi connectivity index (χ0n) is 17.5. The van der Waals surface area contributed by atoms with Crippen molar-refractivity contribution in [2.75, 3.05) is 25.5 Å². The highest BCUT2D eigenvalue weighted by molar-refractivity contribution is 6.06. The van der Waals surface area contributed by atoms with E-state index in [1.54, 1.807) is 43.5 Å². The average Bonchev–Trinajstić information content (AvgIpc) is 2.81. The van der Waals surface area contributed by atoms with E-state index in [9.17, 15) is 14.4 Å². The molecule has 2 amide bonds. The van der Waals surface area contributed by atoms with Gasteiger partial charge in [0.25, 0.3) is 11.5 Å². The molecule has 7 heteroatoms. The first kappa shape index (κ1) is 20.7. The molecule has 0 unspecified atom stereocenters. The lowest BCUT2D eigenvalue weighted by Crippen LogP contribution is -2.37. The smallest absolute Gasteiger partial charge is 0.254 e. The normalized spacial score (nSPS) is 13.8. The molecule has 1 fully saturated rings. The molecule has 7 nitrogen and oxygen atoms in total. The maximum atomic E-state index is 13.1. The number of fused-ring (bicyclic) bond motifs is 1. The van der Waals surface area contributed by atoms with Crippen LogP contribution in [0, 0.1) is 0 Å². The molecule has 4 rings (SSSR count). The van der Waals surface area contributed by atoms with Crippen molar-refractivity contribution in [3.8, 4) is 5.75 Å². The number of para-hydroxylation sites is 1. The van der Waals surface area contributed by atoms with Crippen molar-refractivity contribution >= 4 is 28.4 Å². The van der Waals surface area contributed by atoms with Gasteiger partial charge < -0.3 is 15.0 Å². The molecule has 0 aliphatic carbocycles. The van der Waals surface area contributed by atoms with E-state index < -0.39 is 0 Å². The summed E-state index contributed by atoms with van der Waals surface area (Å²) in [5, 5.41) is 3.47. The van der Waals surface area contributed by atoms with Crippen LogP contribution in [0.3, 0.4) is 0 Å². The summed E-state index contributed by atoms with van der Waals surface area (Å²) in [6, 6.07) is 15.6. The van der Waals surface area contributed by atoms with Gasteiger partial charge in [-0.2, -0.15) is 0 Å². The number of nitrogens with one attached hydrogen (secondary N) is 1. The van der Waals surface area contributed by atoms with E-state index in [0.29, 0.717) is 41.0 Å². The maximum absolute atomic E-state index is 13.1. The highest BCUT2D eigenvalue weighted by Crippen LogP contribution is 2.21. The first-order chi connectivity index (χ1) is 15.1. The Morgan fingerprint density at radius 2 is 1.71 bits per heavy atom. The number of hydrogen-bond donors (Lipinski definition) is 1. The number of methoxy groups -OCH3 is 1. The van der Waals surface area contributed by atoms with Crippen LogP contribution >= 0.6 is 0 Å². The van der Waals surface area contributed by atoms with E-state index in [-0.39, 0.29) is 23.9 Å². The summed E-state index contributed by atoms with van der Waals surface area (Å²) < 4.78 is 6.52. The molecule has 160 valence electrons. The predicted octanol–water partition coefficient (Wildman–Crippen LogP) is 3.27. The van der Waals surface area contributed by atoms with Crippen molar-refractivity contribution in [1.29, 1.82) is 0 Å². The van der Waals surface area contributed by atoms with Gasteiger partial charge >= 0.3 is 0 Å². The Bertz CT molecular complexity index is 1160. The number of carbonyl (C=O) groups is 2. The lowest BCUT2D eigenvalue weighted by molar-refractivity contribution is -0.116. The average molecular weight is 419 g/mol. The number of nitrogens with zero attached hydrogens (tertiary/aromatic N) is 2. The molecule has 1 saturated heterocycles. The number of carbonyl (C=O) groups excluding carboxylic acids is 2. The molecule has 0 spiro atoms. The van der Waals surface area contributed by atoms with Crippen LogP contribution in [0.1, 0.15) is 29.6 Å². The van der Waals surface area contributed by atoms with Gasteiger partial charge in [-0.1, -0.05) is 18.2 Å². The monoisotopic (exact) mass is 419 g/mol. The lowest BCUT2D eigenvalue weighted by Gasteiger charge is -2.27. The van der Waals surface area contributed by atoms with Crippen LogP contribution in [0.5, 0.6) is 5.75 Å². The maximum Gasteiger partial charge on any atom is 0.254 e. The summed E-state index contributed by atoms with van der Waals surface area (Å²) in [6.45, 7) is 1.27. The minimum atomic E-state index is -0.371. The Morgan fingerprint density at radius 1 is 1.00 bits per heavy atom. The summed E-state index contributed by atoms with van der Waals surface area (Å²) in [4.78, 5) is 40.4. The summed E-state index contributed by atoms with van der Waals surface area (Å²) in [7, 11) is 1.57. The van der Waals surface area contributed by atoms with Crippen molar-refractivity contribution < 1.29 is 14.3 Å². The summed E-state index contributed by atoms with van der Waals surface area (Å²) in [6.07, 6.45) is 3.08. The third-order valence-electron chi connectivity index (χ3n) is 5.57. The second-order valence-electron chi connectivity index (χ2n) is 7.63. The van der Waals surface area contributed by atoms with Gasteiger partial charge in [0.15, 0.2) is 0 Å². The van der Waals surface area contributed by atoms with Gasteiger partial charge in [-0.15, -0.1) is 0 Å². The molecule has 2 heterocycles. The zero-order chi connectivity index (χ0) is 21.8. The third kappa shape index (κ3) is 4.45. The van der Waals surface area contributed by atoms with E-state index in [0.717, 1.165) is 19.3 Å². The first-order valence-electron chi connectivity index (χ1n) is 10.4. The molecule has 2 aromatic carbocycles. The quantitative estimate of drug-likeness (QED) is 0.688. The van der Waals surface area contributed by atoms with Gasteiger partial charge in [-0.05, 0) is 49.6 Å². The Labute approximate surface area is 180 Å². The van der Waals surface area contributed by atoms with Crippen LogP contribution in [0.2, 0.25) is 0 Å². The number of hydrogen-bond acceptors (Lipinski definition) is 4. The molecule has 0 radical (unpaired) electrons. The minimum Gasteiger partial charge on any atom is -0.497 e. The highest BCUT2D eigenvalue weighted by atomic mass is 16.5. The molecule has 0 bridgehead atoms. The Morgan fingerprint density at radius 3 is 2.42 bits per heavy atom. The molecule has 0 atom stereocenters. The largest absolute Gasteiger partial charge is 0.497 e. The second-order valence-corrected chi connectivity index (χ2v) is 7.63. The summed E-state index contributed by atoms with van der Waals surface area (Å²) in [5.41, 5.74) is 1.21. The third-order valence-corrected chi connectivity index (χ3v) is 5.57. The fourth-order valence-electron chi connectivity index (χ4n) is 3.96. The Balaban J connectivity index is 1.62. The van der Waals surface area contributed by atoms with Crippen LogP contribution < -0.4 is 15.6 Å². The zero-order valence-corrected chi connectivity index (χ0v) is 17.5. The number of piperidine rings is 1. The lowest BCUT2D eigenvalue weighted by atomic mass is 10.0. The minimum absolute atomic E-state index is 0.122. The number of benzene rings is 2. The van der Waals surface area contributed by atoms with Crippen LogP contribution in [0.25, 0.3) is 10.9 Å². The Kier molecular flexibility index (Phi) is 6.02. The van der Waals surface area contributed by atoms with E-state index in [4.69, 9.17) is 4.74 Å². The predicted molar refractivity (Wildman–Crippen MR) is 120 cm³/mol. The molecular weight excluding hydrogens is 394 g/mol. The fourth-order valence-corrected chi connectivity index (χ4v) is 3.96. The van der Waals surface area contributed by atoms with Crippen molar-refractivity contribution in [3.05, 3.63) is 70.5 Å². The van der Waals surface area contributed by atoms with Crippen LogP contribution in [-0.2, 0) is 11.3 Å². The summed E-state index contributed by atoms with van der Waals surface area (Å²) in [5.74, 6) is 0.240. The number of ether oxygens (including phenoxy) is 1. The van der Waals surface area contributed by atoms with Gasteiger partial charge in [0.2, 0.25) is 5.91 Å². The number of pyridine rings is 1. The molecule has 1 aliphatic heterocycles. The van der Waals surface area contributed by atoms with Crippen molar-refractivity contribution in [2.24, 2.45) is 0 Å². The van der Waals surface area contributed by atoms with Crippen LogP contribution in [0.4, 0.5) is 5.69 Å². The topological polar surface area (TPSA) is 80.6 Å². The highest BCUT2D eigenvalue weighted by Gasteiger charge is 2.22. The molecule has 0 saturated carbocycles. The van der Waals surface area contributed by atoms with Crippen molar-refractivity contribution in [3.63, 3.8) is 0 Å². The second kappa shape index (κ2) is 9.04. The molecule has 3 aromatic rings. The molecular formula is C24H25N3O4. The number of anilines is 1. The fraction of sp³-hybridized carbons (Fsp3) is 0.292. The van der Waals surface area contributed by atoms with Crippen LogP contribution in [0.15, 0.2) is 59.4 Å². The van der Waals surface area contributed by atoms with Crippen molar-refractivity contribution in [2.45, 2.75) is 25.8 Å². The molecule has 31 heavy (non-hydrogen) atoms. The number of rotatable bonds is 5. The molecule has 1 aromatic heterocycles. The summed E-state index contributed by atoms with van der Waals surface area (Å²) >= 11 is 0.